The van der Waals surface area contributed by atoms with E-state index in [1.807, 2.05) is 0 Å². The molecule has 1 aliphatic heterocycles. The summed E-state index contributed by atoms with van der Waals surface area (Å²) in [5, 5.41) is 0. The molecular weight excluding hydrogens is 148 g/mol. The molecule has 2 aliphatic rings. The largest absolute Gasteiger partial charge is 0.375 e. The van der Waals surface area contributed by atoms with E-state index in [2.05, 4.69) is 13.8 Å². The predicted octanol–water partition coefficient (Wildman–Crippen LogP) is 2.99. The van der Waals surface area contributed by atoms with Gasteiger partial charge in [-0.1, -0.05) is 20.3 Å². The van der Waals surface area contributed by atoms with Gasteiger partial charge in [0.1, 0.15) is 0 Å². The van der Waals surface area contributed by atoms with Gasteiger partial charge in [0.15, 0.2) is 0 Å². The standard InChI is InChI=1S/C11H20O/c1-9(2)10-4-3-5-11(8-10)6-7-12-11/h9-10H,3-8H2,1-2H3. The minimum absolute atomic E-state index is 0.354. The topological polar surface area (TPSA) is 9.23 Å². The van der Waals surface area contributed by atoms with Crippen molar-refractivity contribution < 1.29 is 4.74 Å². The Bertz CT molecular complexity index is 158. The molecule has 1 heterocycles. The molecule has 0 aromatic carbocycles. The van der Waals surface area contributed by atoms with Crippen molar-refractivity contribution in [3.63, 3.8) is 0 Å². The SMILES string of the molecule is CC(C)C1CCCC2(CCO2)C1. The average Bonchev–Trinajstić information content (AvgIpc) is 2.02. The normalized spacial score (nSPS) is 41.8. The highest BCUT2D eigenvalue weighted by atomic mass is 16.5. The lowest BCUT2D eigenvalue weighted by Crippen LogP contribution is -2.47. The number of ether oxygens (including phenoxy) is 1. The van der Waals surface area contributed by atoms with E-state index in [4.69, 9.17) is 4.74 Å². The third-order valence-electron chi connectivity index (χ3n) is 3.75. The Balaban J connectivity index is 1.94. The smallest absolute Gasteiger partial charge is 0.0707 e. The Kier molecular flexibility index (Phi) is 2.16. The van der Waals surface area contributed by atoms with Gasteiger partial charge >= 0.3 is 0 Å². The van der Waals surface area contributed by atoms with Crippen molar-refractivity contribution in [2.75, 3.05) is 6.61 Å². The molecule has 2 fully saturated rings. The summed E-state index contributed by atoms with van der Waals surface area (Å²) in [6.45, 7) is 5.72. The maximum absolute atomic E-state index is 5.74. The Labute approximate surface area is 75.5 Å². The molecule has 2 rings (SSSR count). The van der Waals surface area contributed by atoms with Crippen molar-refractivity contribution in [1.29, 1.82) is 0 Å². The molecular formula is C11H20O. The molecule has 0 N–H and O–H groups in total. The van der Waals surface area contributed by atoms with Gasteiger partial charge in [-0.2, -0.15) is 0 Å². The fourth-order valence-electron chi connectivity index (χ4n) is 2.69. The summed E-state index contributed by atoms with van der Waals surface area (Å²) < 4.78 is 5.74. The van der Waals surface area contributed by atoms with E-state index in [0.717, 1.165) is 18.4 Å². The molecule has 70 valence electrons. The van der Waals surface area contributed by atoms with Crippen LogP contribution in [0.4, 0.5) is 0 Å². The summed E-state index contributed by atoms with van der Waals surface area (Å²) in [5.41, 5.74) is 0.354. The molecule has 0 amide bonds. The number of hydrogen-bond acceptors (Lipinski definition) is 1. The van der Waals surface area contributed by atoms with Crippen LogP contribution in [-0.2, 0) is 4.74 Å². The molecule has 12 heavy (non-hydrogen) atoms. The molecule has 1 aliphatic carbocycles. The van der Waals surface area contributed by atoms with Gasteiger partial charge in [0.2, 0.25) is 0 Å². The zero-order valence-corrected chi connectivity index (χ0v) is 8.31. The molecule has 1 nitrogen and oxygen atoms in total. The highest BCUT2D eigenvalue weighted by molar-refractivity contribution is 4.93. The van der Waals surface area contributed by atoms with Crippen molar-refractivity contribution >= 4 is 0 Å². The van der Waals surface area contributed by atoms with Crippen LogP contribution in [0.1, 0.15) is 46.0 Å². The van der Waals surface area contributed by atoms with Gasteiger partial charge in [-0.25, -0.2) is 0 Å². The summed E-state index contributed by atoms with van der Waals surface area (Å²) in [5.74, 6) is 1.78. The van der Waals surface area contributed by atoms with Gasteiger partial charge in [-0.05, 0) is 37.5 Å². The molecule has 0 bridgehead atoms. The maximum atomic E-state index is 5.74. The van der Waals surface area contributed by atoms with Crippen molar-refractivity contribution in [3.05, 3.63) is 0 Å². The zero-order chi connectivity index (χ0) is 8.60. The first-order chi connectivity index (χ1) is 5.72. The van der Waals surface area contributed by atoms with Crippen LogP contribution in [0.15, 0.2) is 0 Å². The second-order valence-corrected chi connectivity index (χ2v) is 4.88. The minimum atomic E-state index is 0.354. The summed E-state index contributed by atoms with van der Waals surface area (Å²) in [6, 6.07) is 0. The number of rotatable bonds is 1. The van der Waals surface area contributed by atoms with Crippen LogP contribution in [0.25, 0.3) is 0 Å². The van der Waals surface area contributed by atoms with E-state index >= 15 is 0 Å². The average molecular weight is 168 g/mol. The van der Waals surface area contributed by atoms with Crippen molar-refractivity contribution in [2.45, 2.75) is 51.6 Å². The van der Waals surface area contributed by atoms with Gasteiger partial charge in [0, 0.05) is 0 Å². The molecule has 0 aromatic rings. The lowest BCUT2D eigenvalue weighted by atomic mass is 9.70. The molecule has 1 spiro atoms. The van der Waals surface area contributed by atoms with Gasteiger partial charge in [-0.15, -0.1) is 0 Å². The van der Waals surface area contributed by atoms with Crippen molar-refractivity contribution in [2.24, 2.45) is 11.8 Å². The zero-order valence-electron chi connectivity index (χ0n) is 8.31. The van der Waals surface area contributed by atoms with E-state index in [9.17, 15) is 0 Å². The highest BCUT2D eigenvalue weighted by Crippen LogP contribution is 2.44. The monoisotopic (exact) mass is 168 g/mol. The molecule has 2 atom stereocenters. The van der Waals surface area contributed by atoms with E-state index < -0.39 is 0 Å². The van der Waals surface area contributed by atoms with Crippen LogP contribution in [0.3, 0.4) is 0 Å². The van der Waals surface area contributed by atoms with Crippen LogP contribution < -0.4 is 0 Å². The summed E-state index contributed by atoms with van der Waals surface area (Å²) in [7, 11) is 0. The third-order valence-corrected chi connectivity index (χ3v) is 3.75. The first-order valence-corrected chi connectivity index (χ1v) is 5.36. The molecule has 2 unspecified atom stereocenters. The van der Waals surface area contributed by atoms with Gasteiger partial charge in [0.25, 0.3) is 0 Å². The van der Waals surface area contributed by atoms with E-state index in [-0.39, 0.29) is 0 Å². The Hall–Kier alpha value is -0.0400. The van der Waals surface area contributed by atoms with Gasteiger partial charge in [0.05, 0.1) is 12.2 Å². The van der Waals surface area contributed by atoms with Crippen molar-refractivity contribution in [3.8, 4) is 0 Å². The van der Waals surface area contributed by atoms with Crippen LogP contribution >= 0.6 is 0 Å². The van der Waals surface area contributed by atoms with Gasteiger partial charge in [-0.3, -0.25) is 0 Å². The Morgan fingerprint density at radius 3 is 2.58 bits per heavy atom. The lowest BCUT2D eigenvalue weighted by Gasteiger charge is -2.48. The second kappa shape index (κ2) is 3.02. The summed E-state index contributed by atoms with van der Waals surface area (Å²) >= 11 is 0. The first-order valence-electron chi connectivity index (χ1n) is 5.36. The third kappa shape index (κ3) is 1.39. The number of hydrogen-bond donors (Lipinski definition) is 0. The van der Waals surface area contributed by atoms with E-state index in [1.165, 1.54) is 32.1 Å². The predicted molar refractivity (Wildman–Crippen MR) is 50.1 cm³/mol. The van der Waals surface area contributed by atoms with Crippen LogP contribution in [0, 0.1) is 11.8 Å². The van der Waals surface area contributed by atoms with Crippen LogP contribution in [0.2, 0.25) is 0 Å². The maximum Gasteiger partial charge on any atom is 0.0707 e. The second-order valence-electron chi connectivity index (χ2n) is 4.88. The van der Waals surface area contributed by atoms with Crippen LogP contribution in [-0.4, -0.2) is 12.2 Å². The van der Waals surface area contributed by atoms with E-state index in [1.54, 1.807) is 0 Å². The van der Waals surface area contributed by atoms with Crippen molar-refractivity contribution in [1.82, 2.24) is 0 Å². The molecule has 1 heteroatoms. The minimum Gasteiger partial charge on any atom is -0.375 e. The van der Waals surface area contributed by atoms with Crippen LogP contribution in [0.5, 0.6) is 0 Å². The van der Waals surface area contributed by atoms with E-state index in [0.29, 0.717) is 5.60 Å². The summed E-state index contributed by atoms with van der Waals surface area (Å²) in [6.07, 6.45) is 6.82. The lowest BCUT2D eigenvalue weighted by molar-refractivity contribution is -0.176. The Morgan fingerprint density at radius 1 is 1.33 bits per heavy atom. The summed E-state index contributed by atoms with van der Waals surface area (Å²) in [4.78, 5) is 0. The quantitative estimate of drug-likeness (QED) is 0.585. The first kappa shape index (κ1) is 8.55. The Morgan fingerprint density at radius 2 is 2.08 bits per heavy atom. The molecule has 1 saturated heterocycles. The molecule has 1 saturated carbocycles. The fraction of sp³-hybridized carbons (Fsp3) is 1.00. The van der Waals surface area contributed by atoms with Gasteiger partial charge < -0.3 is 4.74 Å². The molecule has 0 aromatic heterocycles. The highest BCUT2D eigenvalue weighted by Gasteiger charge is 2.42. The fourth-order valence-corrected chi connectivity index (χ4v) is 2.69. The molecule has 0 radical (unpaired) electrons.